The van der Waals surface area contributed by atoms with Gasteiger partial charge in [-0.3, -0.25) is 20.4 Å². The highest BCUT2D eigenvalue weighted by molar-refractivity contribution is 7.15. The topological polar surface area (TPSA) is 73.2 Å². The first kappa shape index (κ1) is 13.3. The van der Waals surface area contributed by atoms with Gasteiger partial charge in [0.1, 0.15) is 0 Å². The van der Waals surface area contributed by atoms with Crippen LogP contribution < -0.4 is 11.3 Å². The fourth-order valence-corrected chi connectivity index (χ4v) is 3.15. The Morgan fingerprint density at radius 3 is 3.05 bits per heavy atom. The molecular weight excluding hydrogens is 272 g/mol. The molecule has 0 aliphatic carbocycles. The minimum atomic E-state index is 0.0146. The number of hydrogen-bond donors (Lipinski definition) is 2. The van der Waals surface area contributed by atoms with E-state index in [0.29, 0.717) is 0 Å². The summed E-state index contributed by atoms with van der Waals surface area (Å²) in [7, 11) is 0. The van der Waals surface area contributed by atoms with Gasteiger partial charge in [0, 0.05) is 30.7 Å². The van der Waals surface area contributed by atoms with Crippen molar-refractivity contribution in [3.63, 3.8) is 0 Å². The highest BCUT2D eigenvalue weighted by Gasteiger charge is 2.18. The minimum absolute atomic E-state index is 0.0146. The summed E-state index contributed by atoms with van der Waals surface area (Å²) in [5, 5.41) is 6.50. The van der Waals surface area contributed by atoms with Crippen LogP contribution in [0, 0.1) is 6.92 Å². The lowest BCUT2D eigenvalue weighted by atomic mass is 10.1. The molecule has 0 aliphatic rings. The predicted molar refractivity (Wildman–Crippen MR) is 79.5 cm³/mol. The van der Waals surface area contributed by atoms with Crippen LogP contribution in [0.25, 0.3) is 4.96 Å². The molecule has 1 atom stereocenters. The van der Waals surface area contributed by atoms with Crippen LogP contribution in [0.4, 0.5) is 0 Å². The van der Waals surface area contributed by atoms with E-state index < -0.39 is 0 Å². The molecule has 20 heavy (non-hydrogen) atoms. The number of nitrogens with one attached hydrogen (secondary N) is 1. The second-order valence-electron chi connectivity index (χ2n) is 4.77. The monoisotopic (exact) mass is 290 g/mol. The third kappa shape index (κ3) is 2.35. The van der Waals surface area contributed by atoms with Crippen molar-refractivity contribution in [1.29, 1.82) is 0 Å². The van der Waals surface area contributed by atoms with Gasteiger partial charge in [0.15, 0.2) is 4.96 Å². The van der Waals surface area contributed by atoms with Crippen molar-refractivity contribution >= 4 is 16.3 Å². The summed E-state index contributed by atoms with van der Waals surface area (Å²) >= 11 is 1.63. The smallest absolute Gasteiger partial charge is 0.193 e. The largest absolute Gasteiger partial charge is 0.297 e. The number of aromatic nitrogens is 4. The van der Waals surface area contributed by atoms with E-state index in [9.17, 15) is 0 Å². The molecule has 0 saturated carbocycles. The van der Waals surface area contributed by atoms with Crippen LogP contribution in [-0.4, -0.2) is 19.2 Å². The van der Waals surface area contributed by atoms with Crippen LogP contribution in [0.15, 0.2) is 23.8 Å². The molecule has 3 heterocycles. The van der Waals surface area contributed by atoms with Crippen molar-refractivity contribution in [3.8, 4) is 0 Å². The Morgan fingerprint density at radius 1 is 1.50 bits per heavy atom. The van der Waals surface area contributed by atoms with Crippen LogP contribution in [0.5, 0.6) is 0 Å². The molecule has 6 nitrogen and oxygen atoms in total. The maximum absolute atomic E-state index is 5.73. The summed E-state index contributed by atoms with van der Waals surface area (Å²) in [4.78, 5) is 5.61. The number of hydrogen-bond acceptors (Lipinski definition) is 5. The lowest BCUT2D eigenvalue weighted by Crippen LogP contribution is -2.31. The second kappa shape index (κ2) is 5.35. The quantitative estimate of drug-likeness (QED) is 0.554. The number of thiazole rings is 1. The summed E-state index contributed by atoms with van der Waals surface area (Å²) in [5.74, 6) is 5.73. The van der Waals surface area contributed by atoms with Gasteiger partial charge in [-0.2, -0.15) is 5.10 Å². The molecule has 0 aromatic carbocycles. The molecule has 1 unspecified atom stereocenters. The molecule has 0 amide bonds. The normalized spacial score (nSPS) is 13.2. The highest BCUT2D eigenvalue weighted by Crippen LogP contribution is 2.20. The van der Waals surface area contributed by atoms with E-state index in [0.717, 1.165) is 35.0 Å². The fraction of sp³-hybridized carbons (Fsp3) is 0.385. The third-order valence-electron chi connectivity index (χ3n) is 3.35. The van der Waals surface area contributed by atoms with Gasteiger partial charge in [0.2, 0.25) is 0 Å². The van der Waals surface area contributed by atoms with E-state index >= 15 is 0 Å². The van der Waals surface area contributed by atoms with Crippen molar-refractivity contribution in [1.82, 2.24) is 24.6 Å². The van der Waals surface area contributed by atoms with Crippen molar-refractivity contribution in [2.45, 2.75) is 32.9 Å². The maximum Gasteiger partial charge on any atom is 0.193 e. The number of aryl methyl sites for hydroxylation is 2. The lowest BCUT2D eigenvalue weighted by Gasteiger charge is -2.15. The summed E-state index contributed by atoms with van der Waals surface area (Å²) < 4.78 is 4.02. The standard InChI is InChI=1S/C13H18N6S/c1-3-19-12(6-9(2)17-19)11(16-14)7-10-8-18-4-5-20-13(18)15-10/h4-6,8,11,16H,3,7,14H2,1-2H3. The van der Waals surface area contributed by atoms with Gasteiger partial charge in [-0.25, -0.2) is 4.98 Å². The third-order valence-corrected chi connectivity index (χ3v) is 4.12. The molecule has 0 fully saturated rings. The Labute approximate surface area is 121 Å². The molecule has 106 valence electrons. The Bertz CT molecular complexity index is 681. The van der Waals surface area contributed by atoms with Crippen molar-refractivity contribution < 1.29 is 0 Å². The first-order chi connectivity index (χ1) is 9.71. The number of hydrazine groups is 1. The first-order valence-corrected chi connectivity index (χ1v) is 7.50. The summed E-state index contributed by atoms with van der Waals surface area (Å²) in [6.45, 7) is 4.91. The van der Waals surface area contributed by atoms with E-state index in [1.54, 1.807) is 11.3 Å². The Kier molecular flexibility index (Phi) is 3.56. The van der Waals surface area contributed by atoms with Crippen LogP contribution >= 0.6 is 11.3 Å². The van der Waals surface area contributed by atoms with E-state index in [-0.39, 0.29) is 6.04 Å². The van der Waals surface area contributed by atoms with Crippen molar-refractivity contribution in [2.24, 2.45) is 5.84 Å². The number of nitrogens with zero attached hydrogens (tertiary/aromatic N) is 4. The van der Waals surface area contributed by atoms with Gasteiger partial charge in [-0.1, -0.05) is 0 Å². The molecule has 0 saturated heterocycles. The van der Waals surface area contributed by atoms with Gasteiger partial charge >= 0.3 is 0 Å². The van der Waals surface area contributed by atoms with Gasteiger partial charge in [0.25, 0.3) is 0 Å². The average Bonchev–Trinajstić information content (AvgIpc) is 3.09. The average molecular weight is 290 g/mol. The first-order valence-electron chi connectivity index (χ1n) is 6.62. The Hall–Kier alpha value is -1.70. The number of imidazole rings is 1. The molecule has 0 aliphatic heterocycles. The fourth-order valence-electron chi connectivity index (χ4n) is 2.43. The summed E-state index contributed by atoms with van der Waals surface area (Å²) in [6, 6.07) is 2.09. The highest BCUT2D eigenvalue weighted by atomic mass is 32.1. The zero-order valence-electron chi connectivity index (χ0n) is 11.6. The van der Waals surface area contributed by atoms with Gasteiger partial charge in [-0.15, -0.1) is 11.3 Å². The number of nitrogens with two attached hydrogens (primary N) is 1. The van der Waals surface area contributed by atoms with Crippen molar-refractivity contribution in [2.75, 3.05) is 0 Å². The molecule has 0 radical (unpaired) electrons. The minimum Gasteiger partial charge on any atom is -0.297 e. The van der Waals surface area contributed by atoms with E-state index in [2.05, 4.69) is 34.7 Å². The van der Waals surface area contributed by atoms with Gasteiger partial charge in [-0.05, 0) is 19.9 Å². The number of rotatable bonds is 5. The van der Waals surface area contributed by atoms with Gasteiger partial charge < -0.3 is 0 Å². The Morgan fingerprint density at radius 2 is 2.35 bits per heavy atom. The lowest BCUT2D eigenvalue weighted by molar-refractivity contribution is 0.487. The molecule has 0 bridgehead atoms. The number of fused-ring (bicyclic) bond motifs is 1. The van der Waals surface area contributed by atoms with Crippen LogP contribution in [0.1, 0.15) is 30.0 Å². The molecule has 7 heteroatoms. The molecule has 3 rings (SSSR count). The SMILES string of the molecule is CCn1nc(C)cc1C(Cc1cn2ccsc2n1)NN. The summed E-state index contributed by atoms with van der Waals surface area (Å²) in [5.41, 5.74) is 6.02. The Balaban J connectivity index is 1.87. The maximum atomic E-state index is 5.73. The van der Waals surface area contributed by atoms with Gasteiger partial charge in [0.05, 0.1) is 23.1 Å². The molecular formula is C13H18N6S. The van der Waals surface area contributed by atoms with E-state index in [4.69, 9.17) is 5.84 Å². The second-order valence-corrected chi connectivity index (χ2v) is 5.65. The predicted octanol–water partition coefficient (Wildman–Crippen LogP) is 1.67. The molecule has 3 aromatic heterocycles. The van der Waals surface area contributed by atoms with E-state index in [1.165, 1.54) is 0 Å². The molecule has 0 spiro atoms. The van der Waals surface area contributed by atoms with E-state index in [1.807, 2.05) is 27.6 Å². The zero-order chi connectivity index (χ0) is 14.1. The zero-order valence-corrected chi connectivity index (χ0v) is 12.4. The van der Waals surface area contributed by atoms with Crippen LogP contribution in [0.2, 0.25) is 0 Å². The summed E-state index contributed by atoms with van der Waals surface area (Å²) in [6.07, 6.45) is 4.81. The molecule has 3 aromatic rings. The molecule has 3 N–H and O–H groups in total. The van der Waals surface area contributed by atoms with Crippen LogP contribution in [-0.2, 0) is 13.0 Å². The van der Waals surface area contributed by atoms with Crippen molar-refractivity contribution in [3.05, 3.63) is 40.9 Å². The van der Waals surface area contributed by atoms with Crippen LogP contribution in [0.3, 0.4) is 0 Å².